The zero-order valence-electron chi connectivity index (χ0n) is 13.0. The van der Waals surface area contributed by atoms with Gasteiger partial charge in [-0.1, -0.05) is 13.3 Å². The molecule has 1 saturated heterocycles. The second kappa shape index (κ2) is 6.55. The molecule has 1 aliphatic heterocycles. The first-order chi connectivity index (χ1) is 9.63. The summed E-state index contributed by atoms with van der Waals surface area (Å²) < 4.78 is 0. The minimum atomic E-state index is 0.0757. The van der Waals surface area contributed by atoms with Gasteiger partial charge in [0.05, 0.1) is 6.04 Å². The fourth-order valence-electron chi connectivity index (χ4n) is 3.48. The van der Waals surface area contributed by atoms with Crippen molar-refractivity contribution in [3.8, 4) is 0 Å². The van der Waals surface area contributed by atoms with E-state index in [-0.39, 0.29) is 11.6 Å². The number of aromatic nitrogens is 1. The molecule has 0 amide bonds. The Labute approximate surface area is 122 Å². The van der Waals surface area contributed by atoms with Gasteiger partial charge in [0.2, 0.25) is 0 Å². The lowest BCUT2D eigenvalue weighted by atomic mass is 9.82. The Hall–Kier alpha value is -1.13. The van der Waals surface area contributed by atoms with E-state index in [2.05, 4.69) is 29.0 Å². The Morgan fingerprint density at radius 1 is 1.40 bits per heavy atom. The Kier molecular flexibility index (Phi) is 5.00. The fraction of sp³-hybridized carbons (Fsp3) is 0.688. The summed E-state index contributed by atoms with van der Waals surface area (Å²) in [5.74, 6) is 0. The zero-order valence-corrected chi connectivity index (χ0v) is 13.0. The lowest BCUT2D eigenvalue weighted by molar-refractivity contribution is 0.0449. The summed E-state index contributed by atoms with van der Waals surface area (Å²) >= 11 is 0. The van der Waals surface area contributed by atoms with E-state index in [0.717, 1.165) is 17.7 Å². The first-order valence-electron chi connectivity index (χ1n) is 7.75. The molecule has 2 unspecified atom stereocenters. The maximum absolute atomic E-state index is 6.18. The largest absolute Gasteiger partial charge is 0.398 e. The van der Waals surface area contributed by atoms with Crippen LogP contribution < -0.4 is 11.1 Å². The Morgan fingerprint density at radius 2 is 2.10 bits per heavy atom. The molecule has 2 rings (SSSR count). The van der Waals surface area contributed by atoms with Crippen molar-refractivity contribution in [1.82, 2.24) is 15.2 Å². The van der Waals surface area contributed by atoms with Crippen LogP contribution >= 0.6 is 0 Å². The number of pyridine rings is 1. The van der Waals surface area contributed by atoms with Gasteiger partial charge >= 0.3 is 0 Å². The van der Waals surface area contributed by atoms with Crippen LogP contribution in [-0.4, -0.2) is 35.6 Å². The third-order valence-electron chi connectivity index (χ3n) is 4.90. The van der Waals surface area contributed by atoms with Gasteiger partial charge in [-0.05, 0) is 52.4 Å². The fourth-order valence-corrected chi connectivity index (χ4v) is 3.48. The standard InChI is InChI=1S/C16H28N4/c1-4-16(2,20-10-6-5-7-11-20)15(18-3)13-12-19-9-8-14(13)17/h8-9,12,15,18H,4-7,10-11H2,1-3H3,(H2,17,19). The number of nitrogen functional groups attached to an aromatic ring is 1. The van der Waals surface area contributed by atoms with Crippen molar-refractivity contribution in [3.05, 3.63) is 24.0 Å². The second-order valence-electron chi connectivity index (χ2n) is 5.98. The normalized spacial score (nSPS) is 21.4. The van der Waals surface area contributed by atoms with Gasteiger partial charge in [-0.3, -0.25) is 9.88 Å². The van der Waals surface area contributed by atoms with Gasteiger partial charge in [-0.2, -0.15) is 0 Å². The number of rotatable bonds is 5. The van der Waals surface area contributed by atoms with Crippen LogP contribution in [0.2, 0.25) is 0 Å². The van der Waals surface area contributed by atoms with Gasteiger partial charge in [-0.15, -0.1) is 0 Å². The van der Waals surface area contributed by atoms with Crippen molar-refractivity contribution in [2.75, 3.05) is 25.9 Å². The summed E-state index contributed by atoms with van der Waals surface area (Å²) in [5, 5.41) is 3.49. The van der Waals surface area contributed by atoms with Crippen molar-refractivity contribution in [2.45, 2.75) is 51.1 Å². The SMILES string of the molecule is CCC(C)(C(NC)c1cnccc1N)N1CCCCC1. The van der Waals surface area contributed by atoms with Gasteiger partial charge in [0.25, 0.3) is 0 Å². The number of nitrogens with one attached hydrogen (secondary N) is 1. The molecule has 0 aromatic carbocycles. The molecule has 0 radical (unpaired) electrons. The van der Waals surface area contributed by atoms with Gasteiger partial charge < -0.3 is 11.1 Å². The van der Waals surface area contributed by atoms with Gasteiger partial charge in [0.15, 0.2) is 0 Å². The second-order valence-corrected chi connectivity index (χ2v) is 5.98. The van der Waals surface area contributed by atoms with Crippen LogP contribution in [0.15, 0.2) is 18.5 Å². The van der Waals surface area contributed by atoms with E-state index < -0.39 is 0 Å². The van der Waals surface area contributed by atoms with Gasteiger partial charge in [-0.25, -0.2) is 0 Å². The molecule has 0 saturated carbocycles. The number of nitrogens with two attached hydrogens (primary N) is 1. The highest BCUT2D eigenvalue weighted by atomic mass is 15.2. The van der Waals surface area contributed by atoms with E-state index in [1.54, 1.807) is 6.20 Å². The molecule has 1 aromatic heterocycles. The van der Waals surface area contributed by atoms with E-state index in [1.165, 1.54) is 32.4 Å². The molecule has 2 atom stereocenters. The molecule has 0 spiro atoms. The average molecular weight is 276 g/mol. The molecular weight excluding hydrogens is 248 g/mol. The van der Waals surface area contributed by atoms with Crippen molar-refractivity contribution in [3.63, 3.8) is 0 Å². The van der Waals surface area contributed by atoms with E-state index >= 15 is 0 Å². The molecule has 0 aliphatic carbocycles. The number of hydrogen-bond donors (Lipinski definition) is 2. The molecule has 4 nitrogen and oxygen atoms in total. The van der Waals surface area contributed by atoms with Gasteiger partial charge in [0, 0.05) is 29.2 Å². The third kappa shape index (κ3) is 2.81. The first kappa shape index (κ1) is 15.3. The van der Waals surface area contributed by atoms with Crippen molar-refractivity contribution < 1.29 is 0 Å². The highest BCUT2D eigenvalue weighted by Crippen LogP contribution is 2.37. The predicted octanol–water partition coefficient (Wildman–Crippen LogP) is 2.58. The highest BCUT2D eigenvalue weighted by molar-refractivity contribution is 5.47. The summed E-state index contributed by atoms with van der Waals surface area (Å²) in [6, 6.07) is 2.10. The molecule has 1 fully saturated rings. The summed E-state index contributed by atoms with van der Waals surface area (Å²) in [6.45, 7) is 6.99. The van der Waals surface area contributed by atoms with Crippen LogP contribution in [0.25, 0.3) is 0 Å². The molecule has 1 aliphatic rings. The van der Waals surface area contributed by atoms with Crippen LogP contribution in [0, 0.1) is 0 Å². The first-order valence-corrected chi connectivity index (χ1v) is 7.75. The maximum atomic E-state index is 6.18. The van der Waals surface area contributed by atoms with E-state index in [1.807, 2.05) is 19.3 Å². The summed E-state index contributed by atoms with van der Waals surface area (Å²) in [6.07, 6.45) is 8.72. The Bertz CT molecular complexity index is 428. The number of hydrogen-bond acceptors (Lipinski definition) is 4. The summed E-state index contributed by atoms with van der Waals surface area (Å²) in [7, 11) is 2.02. The zero-order chi connectivity index (χ0) is 14.6. The van der Waals surface area contributed by atoms with Crippen molar-refractivity contribution in [2.24, 2.45) is 0 Å². The van der Waals surface area contributed by atoms with Crippen LogP contribution in [-0.2, 0) is 0 Å². The van der Waals surface area contributed by atoms with E-state index in [0.29, 0.717) is 0 Å². The number of likely N-dealkylation sites (tertiary alicyclic amines) is 1. The lowest BCUT2D eigenvalue weighted by Gasteiger charge is -2.48. The van der Waals surface area contributed by atoms with Crippen LogP contribution in [0.4, 0.5) is 5.69 Å². The number of anilines is 1. The van der Waals surface area contributed by atoms with Crippen molar-refractivity contribution in [1.29, 1.82) is 0 Å². The van der Waals surface area contributed by atoms with Gasteiger partial charge in [0.1, 0.15) is 0 Å². The minimum absolute atomic E-state index is 0.0757. The smallest absolute Gasteiger partial charge is 0.0537 e. The van der Waals surface area contributed by atoms with Crippen LogP contribution in [0.5, 0.6) is 0 Å². The highest BCUT2D eigenvalue weighted by Gasteiger charge is 2.39. The third-order valence-corrected chi connectivity index (χ3v) is 4.90. The predicted molar refractivity (Wildman–Crippen MR) is 84.6 cm³/mol. The monoisotopic (exact) mass is 276 g/mol. The molecule has 112 valence electrons. The van der Waals surface area contributed by atoms with E-state index in [4.69, 9.17) is 5.73 Å². The number of likely N-dealkylation sites (N-methyl/N-ethyl adjacent to an activating group) is 1. The molecule has 2 heterocycles. The molecule has 4 heteroatoms. The topological polar surface area (TPSA) is 54.2 Å². The molecule has 0 bridgehead atoms. The molecule has 1 aromatic rings. The quantitative estimate of drug-likeness (QED) is 0.868. The maximum Gasteiger partial charge on any atom is 0.0537 e. The van der Waals surface area contributed by atoms with Crippen LogP contribution in [0.3, 0.4) is 0 Å². The molecule has 3 N–H and O–H groups in total. The summed E-state index contributed by atoms with van der Waals surface area (Å²) in [4.78, 5) is 6.90. The molecular formula is C16H28N4. The van der Waals surface area contributed by atoms with Crippen LogP contribution in [0.1, 0.15) is 51.1 Å². The average Bonchev–Trinajstić information content (AvgIpc) is 2.50. The number of piperidine rings is 1. The minimum Gasteiger partial charge on any atom is -0.398 e. The molecule has 20 heavy (non-hydrogen) atoms. The van der Waals surface area contributed by atoms with E-state index in [9.17, 15) is 0 Å². The lowest BCUT2D eigenvalue weighted by Crippen LogP contribution is -2.55. The summed E-state index contributed by atoms with van der Waals surface area (Å²) in [5.41, 5.74) is 8.20. The number of nitrogens with zero attached hydrogens (tertiary/aromatic N) is 2. The van der Waals surface area contributed by atoms with Crippen molar-refractivity contribution >= 4 is 5.69 Å². The Balaban J connectivity index is 2.33. The Morgan fingerprint density at radius 3 is 2.65 bits per heavy atom.